The van der Waals surface area contributed by atoms with Crippen LogP contribution in [0.2, 0.25) is 0 Å². The molecule has 1 aromatic heterocycles. The highest BCUT2D eigenvalue weighted by molar-refractivity contribution is 5.92. The van der Waals surface area contributed by atoms with Gasteiger partial charge in [0.05, 0.1) is 0 Å². The summed E-state index contributed by atoms with van der Waals surface area (Å²) in [6.45, 7) is 3.90. The summed E-state index contributed by atoms with van der Waals surface area (Å²) in [5.41, 5.74) is 3.59. The van der Waals surface area contributed by atoms with Crippen molar-refractivity contribution >= 4 is 11.6 Å². The summed E-state index contributed by atoms with van der Waals surface area (Å²) in [6.07, 6.45) is 2.34. The number of benzene rings is 2. The van der Waals surface area contributed by atoms with Crippen LogP contribution >= 0.6 is 0 Å². The third kappa shape index (κ3) is 4.00. The fourth-order valence-corrected chi connectivity index (χ4v) is 3.04. The quantitative estimate of drug-likeness (QED) is 0.695. The third-order valence-corrected chi connectivity index (χ3v) is 4.63. The van der Waals surface area contributed by atoms with Crippen molar-refractivity contribution in [3.63, 3.8) is 0 Å². The molecular weight excluding hydrogens is 340 g/mol. The van der Waals surface area contributed by atoms with Crippen molar-refractivity contribution in [3.8, 4) is 17.1 Å². The molecule has 0 spiro atoms. The number of hydrogen-bond acceptors (Lipinski definition) is 4. The Labute approximate surface area is 158 Å². The molecule has 0 radical (unpaired) electrons. The van der Waals surface area contributed by atoms with Crippen molar-refractivity contribution in [2.45, 2.75) is 32.6 Å². The molecule has 138 valence electrons. The Morgan fingerprint density at radius 3 is 2.67 bits per heavy atom. The van der Waals surface area contributed by atoms with Crippen LogP contribution in [-0.2, 0) is 4.79 Å². The minimum Gasteiger partial charge on any atom is -0.483 e. The molecule has 0 atom stereocenters. The predicted octanol–water partition coefficient (Wildman–Crippen LogP) is 3.98. The topological polar surface area (TPSA) is 79.9 Å². The highest BCUT2D eigenvalue weighted by atomic mass is 16.5. The summed E-state index contributed by atoms with van der Waals surface area (Å²) < 4.78 is 5.71. The Balaban J connectivity index is 1.40. The average molecular weight is 362 g/mol. The molecule has 1 heterocycles. The van der Waals surface area contributed by atoms with Crippen LogP contribution in [0.3, 0.4) is 0 Å². The minimum atomic E-state index is -0.205. The molecule has 0 bridgehead atoms. The molecule has 6 nitrogen and oxygen atoms in total. The van der Waals surface area contributed by atoms with E-state index in [4.69, 9.17) is 4.74 Å². The zero-order valence-corrected chi connectivity index (χ0v) is 15.5. The lowest BCUT2D eigenvalue weighted by Crippen LogP contribution is -2.20. The van der Waals surface area contributed by atoms with Crippen LogP contribution in [0.25, 0.3) is 11.4 Å². The molecule has 6 heteroatoms. The molecule has 1 aliphatic rings. The van der Waals surface area contributed by atoms with Gasteiger partial charge in [-0.3, -0.25) is 9.89 Å². The number of hydrogen-bond donors (Lipinski definition) is 2. The lowest BCUT2D eigenvalue weighted by molar-refractivity contribution is -0.118. The first-order valence-electron chi connectivity index (χ1n) is 9.12. The zero-order valence-electron chi connectivity index (χ0n) is 15.5. The van der Waals surface area contributed by atoms with Gasteiger partial charge in [-0.2, -0.15) is 5.10 Å². The normalized spacial score (nSPS) is 13.4. The molecule has 1 saturated carbocycles. The van der Waals surface area contributed by atoms with Gasteiger partial charge in [-0.05, 0) is 49.9 Å². The Morgan fingerprint density at radius 1 is 1.19 bits per heavy atom. The number of carbonyl (C=O) groups excluding carboxylic acids is 1. The second kappa shape index (κ2) is 7.23. The van der Waals surface area contributed by atoms with Gasteiger partial charge in [-0.1, -0.05) is 30.3 Å². The second-order valence-electron chi connectivity index (χ2n) is 6.96. The number of H-pyrrole nitrogens is 1. The first kappa shape index (κ1) is 17.3. The molecule has 3 aromatic rings. The molecule has 1 fully saturated rings. The lowest BCUT2D eigenvalue weighted by atomic mass is 10.1. The van der Waals surface area contributed by atoms with E-state index in [0.717, 1.165) is 28.3 Å². The number of para-hydroxylation sites is 1. The maximum absolute atomic E-state index is 12.3. The van der Waals surface area contributed by atoms with E-state index >= 15 is 0 Å². The van der Waals surface area contributed by atoms with Crippen LogP contribution in [0.1, 0.15) is 35.7 Å². The molecule has 2 N–H and O–H groups in total. The third-order valence-electron chi connectivity index (χ3n) is 4.63. The smallest absolute Gasteiger partial charge is 0.262 e. The zero-order chi connectivity index (χ0) is 18.8. The highest BCUT2D eigenvalue weighted by Crippen LogP contribution is 2.38. The van der Waals surface area contributed by atoms with Gasteiger partial charge in [0.1, 0.15) is 11.6 Å². The van der Waals surface area contributed by atoms with Crippen molar-refractivity contribution < 1.29 is 9.53 Å². The van der Waals surface area contributed by atoms with E-state index in [0.29, 0.717) is 17.4 Å². The molecular formula is C21H22N4O2. The Bertz CT molecular complexity index is 956. The van der Waals surface area contributed by atoms with E-state index in [-0.39, 0.29) is 12.5 Å². The van der Waals surface area contributed by atoms with Crippen LogP contribution in [0, 0.1) is 13.8 Å². The monoisotopic (exact) mass is 362 g/mol. The van der Waals surface area contributed by atoms with E-state index in [9.17, 15) is 4.79 Å². The standard InChI is InChI=1S/C21H22N4O2/c1-13-5-3-6-14(2)19(13)27-12-18(26)22-17-8-4-7-16(11-17)21-23-20(24-25-21)15-9-10-15/h3-8,11,15H,9-10,12H2,1-2H3,(H,22,26)(H,23,24,25). The maximum Gasteiger partial charge on any atom is 0.262 e. The first-order chi connectivity index (χ1) is 13.1. The van der Waals surface area contributed by atoms with Crippen molar-refractivity contribution in [2.75, 3.05) is 11.9 Å². The minimum absolute atomic E-state index is 0.0393. The number of anilines is 1. The Kier molecular flexibility index (Phi) is 4.62. The molecule has 2 aromatic carbocycles. The second-order valence-corrected chi connectivity index (χ2v) is 6.96. The number of rotatable bonds is 6. The van der Waals surface area contributed by atoms with E-state index in [1.807, 2.05) is 56.3 Å². The number of amides is 1. The van der Waals surface area contributed by atoms with Crippen LogP contribution in [0.15, 0.2) is 42.5 Å². The summed E-state index contributed by atoms with van der Waals surface area (Å²) >= 11 is 0. The number of aromatic nitrogens is 3. The van der Waals surface area contributed by atoms with Crippen molar-refractivity contribution in [3.05, 3.63) is 59.4 Å². The maximum atomic E-state index is 12.3. The number of nitrogens with one attached hydrogen (secondary N) is 2. The molecule has 4 rings (SSSR count). The molecule has 27 heavy (non-hydrogen) atoms. The van der Waals surface area contributed by atoms with Gasteiger partial charge in [-0.25, -0.2) is 4.98 Å². The number of aryl methyl sites for hydroxylation is 2. The van der Waals surface area contributed by atoms with Gasteiger partial charge in [0, 0.05) is 17.2 Å². The van der Waals surface area contributed by atoms with Crippen LogP contribution in [0.5, 0.6) is 5.75 Å². The Morgan fingerprint density at radius 2 is 1.93 bits per heavy atom. The number of carbonyl (C=O) groups is 1. The number of aromatic amines is 1. The van der Waals surface area contributed by atoms with E-state index < -0.39 is 0 Å². The summed E-state index contributed by atoms with van der Waals surface area (Å²) in [6, 6.07) is 13.4. The van der Waals surface area contributed by atoms with Gasteiger partial charge in [0.15, 0.2) is 12.4 Å². The van der Waals surface area contributed by atoms with Gasteiger partial charge in [-0.15, -0.1) is 0 Å². The largest absolute Gasteiger partial charge is 0.483 e. The molecule has 1 amide bonds. The van der Waals surface area contributed by atoms with Crippen molar-refractivity contribution in [2.24, 2.45) is 0 Å². The van der Waals surface area contributed by atoms with Crippen LogP contribution in [-0.4, -0.2) is 27.7 Å². The van der Waals surface area contributed by atoms with Gasteiger partial charge >= 0.3 is 0 Å². The van der Waals surface area contributed by atoms with Crippen LogP contribution in [0.4, 0.5) is 5.69 Å². The lowest BCUT2D eigenvalue weighted by Gasteiger charge is -2.12. The summed E-state index contributed by atoms with van der Waals surface area (Å²) in [4.78, 5) is 16.8. The van der Waals surface area contributed by atoms with Crippen molar-refractivity contribution in [1.29, 1.82) is 0 Å². The van der Waals surface area contributed by atoms with Gasteiger partial charge in [0.25, 0.3) is 5.91 Å². The number of ether oxygens (including phenoxy) is 1. The van der Waals surface area contributed by atoms with Gasteiger partial charge < -0.3 is 10.1 Å². The average Bonchev–Trinajstić information content (AvgIpc) is 3.38. The molecule has 0 unspecified atom stereocenters. The molecule has 1 aliphatic carbocycles. The van der Waals surface area contributed by atoms with Crippen LogP contribution < -0.4 is 10.1 Å². The summed E-state index contributed by atoms with van der Waals surface area (Å²) in [5.74, 6) is 2.68. The van der Waals surface area contributed by atoms with E-state index in [1.165, 1.54) is 12.8 Å². The molecule has 0 aliphatic heterocycles. The highest BCUT2D eigenvalue weighted by Gasteiger charge is 2.27. The molecule has 0 saturated heterocycles. The fourth-order valence-electron chi connectivity index (χ4n) is 3.04. The summed E-state index contributed by atoms with van der Waals surface area (Å²) in [5, 5.41) is 10.2. The van der Waals surface area contributed by atoms with Gasteiger partial charge in [0.2, 0.25) is 0 Å². The van der Waals surface area contributed by atoms with Crippen molar-refractivity contribution in [1.82, 2.24) is 15.2 Å². The predicted molar refractivity (Wildman–Crippen MR) is 104 cm³/mol. The van der Waals surface area contributed by atoms with E-state index in [2.05, 4.69) is 20.5 Å². The summed E-state index contributed by atoms with van der Waals surface area (Å²) in [7, 11) is 0. The SMILES string of the molecule is Cc1cccc(C)c1OCC(=O)Nc1cccc(-c2n[nH]c(C3CC3)n2)c1. The first-order valence-corrected chi connectivity index (χ1v) is 9.12. The Hall–Kier alpha value is -3.15. The number of nitrogens with zero attached hydrogens (tertiary/aromatic N) is 2. The van der Waals surface area contributed by atoms with E-state index in [1.54, 1.807) is 0 Å². The fraction of sp³-hybridized carbons (Fsp3) is 0.286.